The molecule has 36 heavy (non-hydrogen) atoms. The second kappa shape index (κ2) is 12.2. The second-order valence-corrected chi connectivity index (χ2v) is 10.2. The molecule has 0 heterocycles. The molecule has 0 saturated carbocycles. The van der Waals surface area contributed by atoms with E-state index in [2.05, 4.69) is 16.0 Å². The molecule has 3 N–H and O–H groups in total. The van der Waals surface area contributed by atoms with Gasteiger partial charge in [0.1, 0.15) is 11.9 Å². The SMILES string of the molecule is COc1cccc([N+](=O)[O-])c1NC(=S)N[C@@H](NC(=O)C(c1ccccc1)c1ccccc1)C(Cl)(Cl)Cl. The predicted octanol–water partition coefficient (Wildman–Crippen LogP) is 5.53. The number of hydrogen-bond donors (Lipinski definition) is 3. The van der Waals surface area contributed by atoms with Gasteiger partial charge in [-0.3, -0.25) is 14.9 Å². The van der Waals surface area contributed by atoms with Crippen LogP contribution in [0, 0.1) is 10.1 Å². The Labute approximate surface area is 228 Å². The molecule has 0 aliphatic heterocycles. The minimum Gasteiger partial charge on any atom is -0.494 e. The lowest BCUT2D eigenvalue weighted by atomic mass is 9.90. The van der Waals surface area contributed by atoms with E-state index >= 15 is 0 Å². The average Bonchev–Trinajstić information content (AvgIpc) is 2.84. The number of alkyl halides is 3. The van der Waals surface area contributed by atoms with Crippen molar-refractivity contribution in [1.82, 2.24) is 10.6 Å². The van der Waals surface area contributed by atoms with Gasteiger partial charge in [-0.15, -0.1) is 0 Å². The highest BCUT2D eigenvalue weighted by Gasteiger charge is 2.37. The molecule has 1 amide bonds. The van der Waals surface area contributed by atoms with Gasteiger partial charge in [-0.1, -0.05) is 102 Å². The Hall–Kier alpha value is -3.11. The number of thiocarbonyl (C=S) groups is 1. The topological polar surface area (TPSA) is 106 Å². The third-order valence-electron chi connectivity index (χ3n) is 5.08. The summed E-state index contributed by atoms with van der Waals surface area (Å²) in [5.41, 5.74) is 1.19. The van der Waals surface area contributed by atoms with E-state index in [1.807, 2.05) is 60.7 Å². The van der Waals surface area contributed by atoms with Crippen LogP contribution in [0.3, 0.4) is 0 Å². The van der Waals surface area contributed by atoms with Crippen LogP contribution in [0.1, 0.15) is 17.0 Å². The summed E-state index contributed by atoms with van der Waals surface area (Å²) in [6.45, 7) is 0. The van der Waals surface area contributed by atoms with Gasteiger partial charge >= 0.3 is 0 Å². The molecule has 3 rings (SSSR count). The molecular formula is C24H21Cl3N4O4S. The van der Waals surface area contributed by atoms with Crippen LogP contribution in [0.2, 0.25) is 0 Å². The van der Waals surface area contributed by atoms with Crippen LogP contribution in [0.25, 0.3) is 0 Å². The van der Waals surface area contributed by atoms with Gasteiger partial charge in [-0.25, -0.2) is 0 Å². The first-order chi connectivity index (χ1) is 17.1. The summed E-state index contributed by atoms with van der Waals surface area (Å²) in [4.78, 5) is 24.4. The van der Waals surface area contributed by atoms with E-state index < -0.39 is 26.7 Å². The maximum atomic E-state index is 13.5. The molecule has 0 bridgehead atoms. The lowest BCUT2D eigenvalue weighted by Crippen LogP contribution is -2.57. The number of hydrogen-bond acceptors (Lipinski definition) is 5. The van der Waals surface area contributed by atoms with Gasteiger partial charge in [-0.2, -0.15) is 0 Å². The predicted molar refractivity (Wildman–Crippen MR) is 146 cm³/mol. The van der Waals surface area contributed by atoms with E-state index in [4.69, 9.17) is 51.8 Å². The molecule has 3 aromatic carbocycles. The maximum absolute atomic E-state index is 13.5. The second-order valence-electron chi connectivity index (χ2n) is 7.45. The number of ether oxygens (including phenoxy) is 1. The summed E-state index contributed by atoms with van der Waals surface area (Å²) in [5.74, 6) is -0.987. The molecule has 0 unspecified atom stereocenters. The zero-order valence-corrected chi connectivity index (χ0v) is 21.9. The monoisotopic (exact) mass is 566 g/mol. The number of amides is 1. The Morgan fingerprint density at radius 2 is 1.50 bits per heavy atom. The first-order valence-electron chi connectivity index (χ1n) is 10.5. The molecule has 1 atom stereocenters. The number of halogens is 3. The highest BCUT2D eigenvalue weighted by Crippen LogP contribution is 2.35. The maximum Gasteiger partial charge on any atom is 0.296 e. The van der Waals surface area contributed by atoms with Gasteiger partial charge in [0, 0.05) is 6.07 Å². The van der Waals surface area contributed by atoms with Crippen molar-refractivity contribution in [2.24, 2.45) is 0 Å². The number of nitrogens with one attached hydrogen (secondary N) is 3. The third-order valence-corrected chi connectivity index (χ3v) is 5.95. The Balaban J connectivity index is 1.86. The summed E-state index contributed by atoms with van der Waals surface area (Å²) in [6, 6.07) is 22.5. The Bertz CT molecular complexity index is 1190. The summed E-state index contributed by atoms with van der Waals surface area (Å²) >= 11 is 23.8. The Morgan fingerprint density at radius 1 is 0.944 bits per heavy atom. The summed E-state index contributed by atoms with van der Waals surface area (Å²) in [6.07, 6.45) is -1.29. The first-order valence-corrected chi connectivity index (χ1v) is 12.0. The van der Waals surface area contributed by atoms with E-state index in [9.17, 15) is 14.9 Å². The van der Waals surface area contributed by atoms with Gasteiger partial charge < -0.3 is 20.7 Å². The van der Waals surface area contributed by atoms with Crippen LogP contribution < -0.4 is 20.7 Å². The minimum atomic E-state index is -2.04. The number of rotatable bonds is 8. The summed E-state index contributed by atoms with van der Waals surface area (Å²) in [7, 11) is 1.36. The fourth-order valence-corrected chi connectivity index (χ4v) is 4.01. The van der Waals surface area contributed by atoms with Gasteiger partial charge in [0.15, 0.2) is 10.8 Å². The van der Waals surface area contributed by atoms with E-state index in [1.165, 1.54) is 25.3 Å². The standard InChI is InChI=1S/C24H21Cl3N4O4S/c1-35-18-14-8-13-17(31(33)34)20(18)28-23(36)30-22(24(25,26)27)29-21(32)19(15-9-4-2-5-10-15)16-11-6-3-7-12-16/h2-14,19,22H,1H3,(H,29,32)(H2,28,30,36)/t22-/m1/s1. The summed E-state index contributed by atoms with van der Waals surface area (Å²) in [5, 5.41) is 19.5. The van der Waals surface area contributed by atoms with Crippen molar-refractivity contribution >= 4 is 69.4 Å². The van der Waals surface area contributed by atoms with Crippen LogP contribution in [0.5, 0.6) is 5.75 Å². The molecule has 0 spiro atoms. The number of benzene rings is 3. The van der Waals surface area contributed by atoms with Crippen molar-refractivity contribution < 1.29 is 14.5 Å². The quantitative estimate of drug-likeness (QED) is 0.108. The Kier molecular flexibility index (Phi) is 9.33. The van der Waals surface area contributed by atoms with Gasteiger partial charge in [-0.05, 0) is 29.4 Å². The molecule has 0 aliphatic carbocycles. The van der Waals surface area contributed by atoms with Gasteiger partial charge in [0.2, 0.25) is 9.70 Å². The number of nitro groups is 1. The van der Waals surface area contributed by atoms with Crippen LogP contribution in [0.4, 0.5) is 11.4 Å². The lowest BCUT2D eigenvalue weighted by Gasteiger charge is -2.29. The van der Waals surface area contributed by atoms with Crippen molar-refractivity contribution in [3.8, 4) is 5.75 Å². The van der Waals surface area contributed by atoms with Crippen LogP contribution >= 0.6 is 47.0 Å². The zero-order chi connectivity index (χ0) is 26.3. The van der Waals surface area contributed by atoms with E-state index in [1.54, 1.807) is 0 Å². The smallest absolute Gasteiger partial charge is 0.296 e. The van der Waals surface area contributed by atoms with Gasteiger partial charge in [0.05, 0.1) is 18.0 Å². The fourth-order valence-electron chi connectivity index (χ4n) is 3.46. The van der Waals surface area contributed by atoms with Crippen LogP contribution in [-0.2, 0) is 4.79 Å². The molecule has 188 valence electrons. The molecular weight excluding hydrogens is 547 g/mol. The average molecular weight is 568 g/mol. The molecule has 0 radical (unpaired) electrons. The molecule has 0 aliphatic rings. The third kappa shape index (κ3) is 6.98. The number of nitrogens with zero attached hydrogens (tertiary/aromatic N) is 1. The first kappa shape index (κ1) is 27.5. The summed E-state index contributed by atoms with van der Waals surface area (Å²) < 4.78 is 3.17. The number of para-hydroxylation sites is 1. The number of methoxy groups -OCH3 is 1. The van der Waals surface area contributed by atoms with Crippen molar-refractivity contribution in [3.05, 3.63) is 100 Å². The van der Waals surface area contributed by atoms with Crippen molar-refractivity contribution in [3.63, 3.8) is 0 Å². The molecule has 0 aromatic heterocycles. The number of nitro benzene ring substituents is 1. The minimum absolute atomic E-state index is 0.00309. The highest BCUT2D eigenvalue weighted by molar-refractivity contribution is 7.80. The van der Waals surface area contributed by atoms with Crippen LogP contribution in [-0.4, -0.2) is 33.0 Å². The van der Waals surface area contributed by atoms with E-state index in [0.717, 1.165) is 11.1 Å². The number of carbonyl (C=O) groups is 1. The molecule has 3 aromatic rings. The van der Waals surface area contributed by atoms with Crippen molar-refractivity contribution in [1.29, 1.82) is 0 Å². The van der Waals surface area contributed by atoms with Gasteiger partial charge in [0.25, 0.3) is 5.69 Å². The fraction of sp³-hybridized carbons (Fsp3) is 0.167. The Morgan fingerprint density at radius 3 is 1.97 bits per heavy atom. The largest absolute Gasteiger partial charge is 0.494 e. The normalized spacial score (nSPS) is 11.9. The number of carbonyl (C=O) groups excluding carboxylic acids is 1. The van der Waals surface area contributed by atoms with E-state index in [-0.39, 0.29) is 22.2 Å². The van der Waals surface area contributed by atoms with Crippen molar-refractivity contribution in [2.45, 2.75) is 15.9 Å². The lowest BCUT2D eigenvalue weighted by molar-refractivity contribution is -0.384. The molecule has 8 nitrogen and oxygen atoms in total. The van der Waals surface area contributed by atoms with Crippen LogP contribution in [0.15, 0.2) is 78.9 Å². The van der Waals surface area contributed by atoms with Crippen molar-refractivity contribution in [2.75, 3.05) is 12.4 Å². The molecule has 0 fully saturated rings. The number of anilines is 1. The zero-order valence-electron chi connectivity index (χ0n) is 18.8. The highest BCUT2D eigenvalue weighted by atomic mass is 35.6. The van der Waals surface area contributed by atoms with E-state index in [0.29, 0.717) is 0 Å². The molecule has 0 saturated heterocycles. The molecule has 12 heteroatoms.